The Morgan fingerprint density at radius 1 is 1.46 bits per heavy atom. The lowest BCUT2D eigenvalue weighted by molar-refractivity contribution is 0.227. The molecule has 1 heterocycles. The van der Waals surface area contributed by atoms with E-state index in [1.807, 2.05) is 18.2 Å². The van der Waals surface area contributed by atoms with Crippen LogP contribution < -0.4 is 0 Å². The minimum atomic E-state index is -0.150. The molecule has 1 aliphatic carbocycles. The third kappa shape index (κ3) is 1.47. The molecule has 1 aromatic rings. The number of aliphatic hydroxyl groups is 1. The van der Waals surface area contributed by atoms with Gasteiger partial charge in [0.2, 0.25) is 0 Å². The Hall–Kier alpha value is -0.860. The van der Waals surface area contributed by atoms with Crippen LogP contribution in [-0.2, 0) is 5.41 Å². The minimum Gasteiger partial charge on any atom is -0.395 e. The Morgan fingerprint density at radius 2 is 2.38 bits per heavy atom. The topological polar surface area (TPSA) is 20.2 Å². The van der Waals surface area contributed by atoms with Gasteiger partial charge in [-0.25, -0.2) is 0 Å². The lowest BCUT2D eigenvalue weighted by atomic mass is 9.81. The summed E-state index contributed by atoms with van der Waals surface area (Å²) in [4.78, 5) is 1.25. The number of thiophene rings is 1. The van der Waals surface area contributed by atoms with Crippen LogP contribution in [0.5, 0.6) is 0 Å². The maximum atomic E-state index is 9.43. The third-order valence-corrected chi connectivity index (χ3v) is 3.53. The van der Waals surface area contributed by atoms with Gasteiger partial charge in [-0.2, -0.15) is 0 Å². The summed E-state index contributed by atoms with van der Waals surface area (Å²) in [6, 6.07) is 4.12. The minimum absolute atomic E-state index is 0.150. The molecule has 68 valence electrons. The van der Waals surface area contributed by atoms with Gasteiger partial charge in [-0.1, -0.05) is 30.4 Å². The van der Waals surface area contributed by atoms with E-state index in [2.05, 4.69) is 23.6 Å². The number of aliphatic hydroxyl groups excluding tert-OH is 1. The Balaban J connectivity index is 2.36. The number of allylic oxidation sites excluding steroid dienone is 3. The summed E-state index contributed by atoms with van der Waals surface area (Å²) in [5.74, 6) is 0. The van der Waals surface area contributed by atoms with Crippen LogP contribution in [0.1, 0.15) is 11.3 Å². The molecule has 0 saturated carbocycles. The average molecular weight is 192 g/mol. The standard InChI is InChI=1S/C11H12OS/c12-9-11(6-2-1-3-7-11)10-5-4-8-13-10/h1-6,8,12H,7,9H2/t11-/m1/s1. The number of rotatable bonds is 2. The second kappa shape index (κ2) is 3.48. The van der Waals surface area contributed by atoms with Gasteiger partial charge in [0.05, 0.1) is 6.61 Å². The number of hydrogen-bond acceptors (Lipinski definition) is 2. The first-order valence-corrected chi connectivity index (χ1v) is 5.25. The van der Waals surface area contributed by atoms with Gasteiger partial charge in [0, 0.05) is 10.3 Å². The average Bonchev–Trinajstić information content (AvgIpc) is 2.72. The second-order valence-electron chi connectivity index (χ2n) is 3.28. The first-order chi connectivity index (χ1) is 6.37. The molecule has 13 heavy (non-hydrogen) atoms. The summed E-state index contributed by atoms with van der Waals surface area (Å²) in [6.45, 7) is 0.189. The number of hydrogen-bond donors (Lipinski definition) is 1. The molecule has 2 rings (SSSR count). The second-order valence-corrected chi connectivity index (χ2v) is 4.23. The van der Waals surface area contributed by atoms with E-state index in [1.54, 1.807) is 11.3 Å². The van der Waals surface area contributed by atoms with Crippen LogP contribution in [0.25, 0.3) is 0 Å². The fourth-order valence-electron chi connectivity index (χ4n) is 1.60. The van der Waals surface area contributed by atoms with Gasteiger partial charge < -0.3 is 5.11 Å². The Labute approximate surface area is 82.0 Å². The summed E-state index contributed by atoms with van der Waals surface area (Å²) in [7, 11) is 0. The molecule has 0 amide bonds. The lowest BCUT2D eigenvalue weighted by Crippen LogP contribution is -2.27. The SMILES string of the molecule is OC[C@@]1(c2cccs2)C=CC=CC1. The fourth-order valence-corrected chi connectivity index (χ4v) is 2.52. The van der Waals surface area contributed by atoms with E-state index in [1.165, 1.54) is 4.88 Å². The smallest absolute Gasteiger partial charge is 0.0573 e. The molecule has 1 aliphatic rings. The van der Waals surface area contributed by atoms with Crippen LogP contribution in [0.2, 0.25) is 0 Å². The molecular weight excluding hydrogens is 180 g/mol. The van der Waals surface area contributed by atoms with E-state index in [9.17, 15) is 5.11 Å². The van der Waals surface area contributed by atoms with Crippen molar-refractivity contribution in [3.05, 3.63) is 46.7 Å². The van der Waals surface area contributed by atoms with Crippen LogP contribution in [0.15, 0.2) is 41.8 Å². The normalized spacial score (nSPS) is 26.5. The summed E-state index contributed by atoms with van der Waals surface area (Å²) < 4.78 is 0. The molecule has 2 heteroatoms. The van der Waals surface area contributed by atoms with Gasteiger partial charge >= 0.3 is 0 Å². The lowest BCUT2D eigenvalue weighted by Gasteiger charge is -2.27. The predicted molar refractivity (Wildman–Crippen MR) is 56.0 cm³/mol. The molecule has 1 nitrogen and oxygen atoms in total. The first kappa shape index (κ1) is 8.73. The van der Waals surface area contributed by atoms with Gasteiger partial charge in [-0.05, 0) is 17.9 Å². The molecule has 0 aromatic carbocycles. The molecule has 0 unspecified atom stereocenters. The van der Waals surface area contributed by atoms with Gasteiger partial charge in [0.1, 0.15) is 0 Å². The Bertz CT molecular complexity index is 324. The van der Waals surface area contributed by atoms with Crippen molar-refractivity contribution < 1.29 is 5.11 Å². The van der Waals surface area contributed by atoms with Crippen molar-refractivity contribution in [3.8, 4) is 0 Å². The highest BCUT2D eigenvalue weighted by Gasteiger charge is 2.29. The van der Waals surface area contributed by atoms with Gasteiger partial charge in [0.25, 0.3) is 0 Å². The molecule has 0 bridgehead atoms. The summed E-state index contributed by atoms with van der Waals surface area (Å²) in [5.41, 5.74) is -0.150. The summed E-state index contributed by atoms with van der Waals surface area (Å²) in [6.07, 6.45) is 9.15. The van der Waals surface area contributed by atoms with E-state index in [-0.39, 0.29) is 12.0 Å². The van der Waals surface area contributed by atoms with Crippen LogP contribution in [0.3, 0.4) is 0 Å². The van der Waals surface area contributed by atoms with Crippen LogP contribution >= 0.6 is 11.3 Å². The molecule has 1 atom stereocenters. The van der Waals surface area contributed by atoms with Crippen molar-refractivity contribution in [2.24, 2.45) is 0 Å². The predicted octanol–water partition coefficient (Wildman–Crippen LogP) is 2.49. The fraction of sp³-hybridized carbons (Fsp3) is 0.273. The Morgan fingerprint density at radius 3 is 2.92 bits per heavy atom. The molecular formula is C11H12OS. The molecule has 1 aromatic heterocycles. The zero-order valence-corrected chi connectivity index (χ0v) is 8.13. The van der Waals surface area contributed by atoms with Crippen LogP contribution in [0, 0.1) is 0 Å². The quantitative estimate of drug-likeness (QED) is 0.763. The van der Waals surface area contributed by atoms with Gasteiger partial charge in [0.15, 0.2) is 0 Å². The molecule has 0 aliphatic heterocycles. The monoisotopic (exact) mass is 192 g/mol. The van der Waals surface area contributed by atoms with Gasteiger partial charge in [-0.3, -0.25) is 0 Å². The largest absolute Gasteiger partial charge is 0.395 e. The van der Waals surface area contributed by atoms with E-state index >= 15 is 0 Å². The van der Waals surface area contributed by atoms with E-state index in [0.717, 1.165) is 6.42 Å². The molecule has 1 N–H and O–H groups in total. The van der Waals surface area contributed by atoms with Crippen molar-refractivity contribution >= 4 is 11.3 Å². The van der Waals surface area contributed by atoms with Crippen molar-refractivity contribution in [2.75, 3.05) is 6.61 Å². The first-order valence-electron chi connectivity index (χ1n) is 4.37. The highest BCUT2D eigenvalue weighted by molar-refractivity contribution is 7.10. The molecule has 0 radical (unpaired) electrons. The van der Waals surface area contributed by atoms with Crippen LogP contribution in [-0.4, -0.2) is 11.7 Å². The van der Waals surface area contributed by atoms with Crippen molar-refractivity contribution in [3.63, 3.8) is 0 Å². The van der Waals surface area contributed by atoms with Crippen LogP contribution in [0.4, 0.5) is 0 Å². The molecule has 0 spiro atoms. The summed E-state index contributed by atoms with van der Waals surface area (Å²) in [5, 5.41) is 11.5. The highest BCUT2D eigenvalue weighted by Crippen LogP contribution is 2.34. The zero-order valence-electron chi connectivity index (χ0n) is 7.31. The van der Waals surface area contributed by atoms with E-state index in [0.29, 0.717) is 0 Å². The van der Waals surface area contributed by atoms with Crippen molar-refractivity contribution in [2.45, 2.75) is 11.8 Å². The van der Waals surface area contributed by atoms with Crippen molar-refractivity contribution in [1.82, 2.24) is 0 Å². The van der Waals surface area contributed by atoms with E-state index in [4.69, 9.17) is 0 Å². The van der Waals surface area contributed by atoms with E-state index < -0.39 is 0 Å². The summed E-state index contributed by atoms with van der Waals surface area (Å²) >= 11 is 1.71. The molecule has 0 saturated heterocycles. The highest BCUT2D eigenvalue weighted by atomic mass is 32.1. The Kier molecular flexibility index (Phi) is 2.34. The van der Waals surface area contributed by atoms with Crippen molar-refractivity contribution in [1.29, 1.82) is 0 Å². The molecule has 0 fully saturated rings. The zero-order chi connectivity index (χ0) is 9.15. The maximum absolute atomic E-state index is 9.43. The third-order valence-electron chi connectivity index (χ3n) is 2.44. The van der Waals surface area contributed by atoms with Gasteiger partial charge in [-0.15, -0.1) is 11.3 Å². The maximum Gasteiger partial charge on any atom is 0.0573 e.